The van der Waals surface area contributed by atoms with Gasteiger partial charge in [-0.3, -0.25) is 4.79 Å². The molecule has 4 aromatic rings. The molecule has 12 heteroatoms. The Morgan fingerprint density at radius 1 is 0.974 bits per heavy atom. The summed E-state index contributed by atoms with van der Waals surface area (Å²) in [4.78, 5) is 19.4. The number of nitrogens with two attached hydrogens (primary N) is 1. The molecule has 0 saturated heterocycles. The van der Waals surface area contributed by atoms with Crippen molar-refractivity contribution < 1.29 is 22.4 Å². The molecule has 1 aliphatic rings. The normalized spacial score (nSPS) is 13.4. The van der Waals surface area contributed by atoms with Crippen LogP contribution in [0.2, 0.25) is 5.02 Å². The van der Waals surface area contributed by atoms with E-state index in [4.69, 9.17) is 22.3 Å². The summed E-state index contributed by atoms with van der Waals surface area (Å²) in [6, 6.07) is 12.5. The molecular weight excluding hydrogens is 554 g/mol. The van der Waals surface area contributed by atoms with Crippen LogP contribution in [0.3, 0.4) is 0 Å². The summed E-state index contributed by atoms with van der Waals surface area (Å²) >= 11 is 5.82. The minimum absolute atomic E-state index is 0. The van der Waals surface area contributed by atoms with Gasteiger partial charge in [-0.15, -0.1) is 0 Å². The number of anilines is 2. The van der Waals surface area contributed by atoms with Crippen LogP contribution in [0.1, 0.15) is 11.4 Å². The Labute approximate surface area is 233 Å². The second kappa shape index (κ2) is 11.7. The summed E-state index contributed by atoms with van der Waals surface area (Å²) in [5, 5.41) is 3.17. The average Bonchev–Trinajstić information content (AvgIpc) is 3.25. The number of imidazole rings is 1. The molecule has 6 nitrogen and oxygen atoms in total. The first kappa shape index (κ1) is 28.5. The molecule has 0 saturated carbocycles. The third kappa shape index (κ3) is 6.05. The van der Waals surface area contributed by atoms with Gasteiger partial charge < -0.3 is 20.5 Å². The molecule has 1 amide bonds. The van der Waals surface area contributed by atoms with E-state index in [1.807, 2.05) is 4.57 Å². The summed E-state index contributed by atoms with van der Waals surface area (Å²) in [7, 11) is 0. The first-order chi connectivity index (χ1) is 18.2. The highest BCUT2D eigenvalue weighted by atomic mass is 35.5. The maximum atomic E-state index is 14.1. The lowest BCUT2D eigenvalue weighted by Crippen LogP contribution is -2.47. The van der Waals surface area contributed by atoms with Crippen molar-refractivity contribution in [3.63, 3.8) is 0 Å². The van der Waals surface area contributed by atoms with Crippen molar-refractivity contribution in [1.29, 1.82) is 0 Å². The lowest BCUT2D eigenvalue weighted by Gasteiger charge is -2.30. The van der Waals surface area contributed by atoms with Crippen molar-refractivity contribution in [2.75, 3.05) is 11.9 Å². The monoisotopic (exact) mass is 577 g/mol. The van der Waals surface area contributed by atoms with E-state index in [2.05, 4.69) is 5.32 Å². The molecule has 1 atom stereocenters. The molecule has 5 rings (SSSR count). The van der Waals surface area contributed by atoms with Crippen molar-refractivity contribution in [2.24, 2.45) is 5.73 Å². The third-order valence-electron chi connectivity index (χ3n) is 6.34. The standard InChI is InChI=1S/C27H22ClF4N5O.H2S/c28-19-7-6-18(13-21(19)31)34-26-25(16-2-4-17(29)5-3-16)35-24-14-36(9-10-37(24)26)27(38)23(33)12-15-1-8-20(30)22(32)11-15;/h1-8,11,13,23,34H,9-10,12,14,33H2;1H2/t23-;/m0./s1. The van der Waals surface area contributed by atoms with Gasteiger partial charge in [0.2, 0.25) is 5.91 Å². The molecule has 0 radical (unpaired) electrons. The average molecular weight is 578 g/mol. The minimum atomic E-state index is -1.00. The first-order valence-electron chi connectivity index (χ1n) is 11.8. The van der Waals surface area contributed by atoms with Crippen LogP contribution >= 0.6 is 25.1 Å². The van der Waals surface area contributed by atoms with Gasteiger partial charge in [0.05, 0.1) is 17.6 Å². The van der Waals surface area contributed by atoms with Crippen LogP contribution in [-0.4, -0.2) is 32.9 Å². The highest BCUT2D eigenvalue weighted by Crippen LogP contribution is 2.34. The Bertz CT molecular complexity index is 1520. The molecule has 1 aromatic heterocycles. The van der Waals surface area contributed by atoms with Crippen LogP contribution in [-0.2, 0) is 24.3 Å². The second-order valence-electron chi connectivity index (χ2n) is 8.96. The fraction of sp³-hybridized carbons (Fsp3) is 0.185. The number of aromatic nitrogens is 2. The SMILES string of the molecule is N[C@@H](Cc1ccc(F)c(F)c1)C(=O)N1CCn2c(nc(-c3ccc(F)cc3)c2Nc2ccc(Cl)c(F)c2)C1.S. The number of hydrogen-bond donors (Lipinski definition) is 2. The Balaban J connectivity index is 0.00000353. The van der Waals surface area contributed by atoms with E-state index in [0.29, 0.717) is 47.2 Å². The van der Waals surface area contributed by atoms with E-state index in [0.717, 1.165) is 12.1 Å². The van der Waals surface area contributed by atoms with Crippen LogP contribution < -0.4 is 11.1 Å². The zero-order valence-corrected chi connectivity index (χ0v) is 22.2. The Kier molecular flexibility index (Phi) is 8.53. The number of carbonyl (C=O) groups is 1. The van der Waals surface area contributed by atoms with Gasteiger partial charge in [-0.2, -0.15) is 13.5 Å². The number of hydrogen-bond acceptors (Lipinski definition) is 4. The van der Waals surface area contributed by atoms with E-state index in [1.165, 1.54) is 30.3 Å². The summed E-state index contributed by atoms with van der Waals surface area (Å²) in [5.74, 6) is -2.24. The molecule has 2 heterocycles. The summed E-state index contributed by atoms with van der Waals surface area (Å²) in [6.07, 6.45) is 0.0384. The lowest BCUT2D eigenvalue weighted by atomic mass is 10.0. The van der Waals surface area contributed by atoms with Crippen molar-refractivity contribution in [3.8, 4) is 11.3 Å². The number of nitrogens with one attached hydrogen (secondary N) is 1. The number of halogens is 5. The maximum absolute atomic E-state index is 14.1. The van der Waals surface area contributed by atoms with E-state index in [9.17, 15) is 22.4 Å². The van der Waals surface area contributed by atoms with Gasteiger partial charge in [0.1, 0.15) is 29.0 Å². The predicted octanol–water partition coefficient (Wildman–Crippen LogP) is 5.53. The van der Waals surface area contributed by atoms with Crippen LogP contribution in [0.25, 0.3) is 11.3 Å². The van der Waals surface area contributed by atoms with Gasteiger partial charge in [0.25, 0.3) is 0 Å². The van der Waals surface area contributed by atoms with Gasteiger partial charge in [-0.25, -0.2) is 22.5 Å². The number of carbonyl (C=O) groups excluding carboxylic acids is 1. The molecule has 0 bridgehead atoms. The summed E-state index contributed by atoms with van der Waals surface area (Å²) in [5.41, 5.74) is 8.09. The van der Waals surface area contributed by atoms with Crippen LogP contribution in [0.4, 0.5) is 29.1 Å². The van der Waals surface area contributed by atoms with E-state index >= 15 is 0 Å². The molecule has 1 aliphatic heterocycles. The van der Waals surface area contributed by atoms with Gasteiger partial charge in [0.15, 0.2) is 11.6 Å². The van der Waals surface area contributed by atoms with Crippen LogP contribution in [0, 0.1) is 23.3 Å². The number of fused-ring (bicyclic) bond motifs is 1. The molecule has 3 N–H and O–H groups in total. The lowest BCUT2D eigenvalue weighted by molar-refractivity contribution is -0.134. The quantitative estimate of drug-likeness (QED) is 0.296. The van der Waals surface area contributed by atoms with Gasteiger partial charge in [-0.1, -0.05) is 17.7 Å². The molecule has 3 aromatic carbocycles. The predicted molar refractivity (Wildman–Crippen MR) is 146 cm³/mol. The minimum Gasteiger partial charge on any atom is -0.340 e. The maximum Gasteiger partial charge on any atom is 0.240 e. The van der Waals surface area contributed by atoms with E-state index in [1.54, 1.807) is 23.1 Å². The number of rotatable bonds is 6. The number of nitrogens with zero attached hydrogens (tertiary/aromatic N) is 3. The molecule has 0 aliphatic carbocycles. The van der Waals surface area contributed by atoms with Crippen molar-refractivity contribution in [1.82, 2.24) is 14.5 Å². The molecule has 0 spiro atoms. The second-order valence-corrected chi connectivity index (χ2v) is 9.36. The topological polar surface area (TPSA) is 76.2 Å². The molecular formula is C27H24ClF4N5OS. The smallest absolute Gasteiger partial charge is 0.240 e. The largest absolute Gasteiger partial charge is 0.340 e. The van der Waals surface area contributed by atoms with Crippen LogP contribution in [0.15, 0.2) is 60.7 Å². The third-order valence-corrected chi connectivity index (χ3v) is 6.65. The Hall–Kier alpha value is -3.54. The first-order valence-corrected chi connectivity index (χ1v) is 12.1. The van der Waals surface area contributed by atoms with Gasteiger partial charge in [0, 0.05) is 24.3 Å². The molecule has 0 unspecified atom stereocenters. The highest BCUT2D eigenvalue weighted by Gasteiger charge is 2.29. The number of amides is 1. The van der Waals surface area contributed by atoms with Crippen molar-refractivity contribution in [2.45, 2.75) is 25.6 Å². The van der Waals surface area contributed by atoms with Crippen molar-refractivity contribution in [3.05, 3.63) is 100 Å². The van der Waals surface area contributed by atoms with E-state index < -0.39 is 29.3 Å². The number of benzene rings is 3. The van der Waals surface area contributed by atoms with Gasteiger partial charge in [-0.05, 0) is 66.6 Å². The van der Waals surface area contributed by atoms with Gasteiger partial charge >= 0.3 is 0 Å². The fourth-order valence-electron chi connectivity index (χ4n) is 4.41. The Morgan fingerprint density at radius 2 is 1.72 bits per heavy atom. The van der Waals surface area contributed by atoms with E-state index in [-0.39, 0.29) is 37.4 Å². The fourth-order valence-corrected chi connectivity index (χ4v) is 4.53. The summed E-state index contributed by atoms with van der Waals surface area (Å²) in [6.45, 7) is 0.793. The zero-order chi connectivity index (χ0) is 27.0. The van der Waals surface area contributed by atoms with Crippen molar-refractivity contribution >= 4 is 42.5 Å². The Morgan fingerprint density at radius 3 is 2.41 bits per heavy atom. The molecule has 0 fully saturated rings. The highest BCUT2D eigenvalue weighted by molar-refractivity contribution is 7.59. The molecule has 204 valence electrons. The zero-order valence-electron chi connectivity index (χ0n) is 20.4. The van der Waals surface area contributed by atoms with Crippen LogP contribution in [0.5, 0.6) is 0 Å². The summed E-state index contributed by atoms with van der Waals surface area (Å²) < 4.78 is 56.4. The molecule has 39 heavy (non-hydrogen) atoms.